The van der Waals surface area contributed by atoms with Gasteiger partial charge in [-0.2, -0.15) is 0 Å². The minimum atomic E-state index is -0.641. The van der Waals surface area contributed by atoms with Crippen molar-refractivity contribution in [3.05, 3.63) is 38.9 Å². The van der Waals surface area contributed by atoms with Crippen LogP contribution in [0.4, 0.5) is 5.69 Å². The highest BCUT2D eigenvalue weighted by Crippen LogP contribution is 2.27. The molecular weight excluding hydrogens is 312 g/mol. The molecule has 1 aromatic carbocycles. The zero-order chi connectivity index (χ0) is 16.3. The highest BCUT2D eigenvalue weighted by Gasteiger charge is 2.34. The smallest absolute Gasteiger partial charge is 0.328 e. The Labute approximate surface area is 131 Å². The van der Waals surface area contributed by atoms with E-state index in [1.165, 1.54) is 24.1 Å². The third kappa shape index (κ3) is 3.19. The second kappa shape index (κ2) is 6.74. The van der Waals surface area contributed by atoms with Gasteiger partial charge in [0.2, 0.25) is 0 Å². The van der Waals surface area contributed by atoms with Gasteiger partial charge in [-0.15, -0.1) is 0 Å². The molecule has 0 radical (unpaired) electrons. The van der Waals surface area contributed by atoms with Crippen molar-refractivity contribution >= 4 is 29.2 Å². The number of nitro groups is 1. The number of piperidine rings is 1. The lowest BCUT2D eigenvalue weighted by Crippen LogP contribution is -2.48. The van der Waals surface area contributed by atoms with Crippen molar-refractivity contribution in [2.24, 2.45) is 0 Å². The summed E-state index contributed by atoms with van der Waals surface area (Å²) in [6.45, 7) is 0.423. The molecule has 0 saturated carbocycles. The van der Waals surface area contributed by atoms with E-state index < -0.39 is 22.8 Å². The minimum absolute atomic E-state index is 0.00612. The first-order chi connectivity index (χ1) is 10.5. The number of amides is 1. The molecule has 1 amide bonds. The van der Waals surface area contributed by atoms with E-state index in [1.54, 1.807) is 0 Å². The molecule has 1 aromatic rings. The second-order valence-corrected chi connectivity index (χ2v) is 5.36. The summed E-state index contributed by atoms with van der Waals surface area (Å²) in [7, 11) is 1.28. The number of hydrogen-bond acceptors (Lipinski definition) is 5. The Balaban J connectivity index is 2.29. The molecule has 0 N–H and O–H groups in total. The van der Waals surface area contributed by atoms with Gasteiger partial charge in [0.25, 0.3) is 11.6 Å². The van der Waals surface area contributed by atoms with Crippen LogP contribution in [-0.4, -0.2) is 41.4 Å². The van der Waals surface area contributed by atoms with Gasteiger partial charge in [-0.05, 0) is 25.3 Å². The molecule has 0 aromatic heterocycles. The van der Waals surface area contributed by atoms with Gasteiger partial charge in [-0.3, -0.25) is 14.9 Å². The first-order valence-corrected chi connectivity index (χ1v) is 7.16. The van der Waals surface area contributed by atoms with Gasteiger partial charge in [-0.25, -0.2) is 4.79 Å². The Kier molecular flexibility index (Phi) is 4.97. The van der Waals surface area contributed by atoms with Crippen molar-refractivity contribution < 1.29 is 19.2 Å². The standard InChI is InChI=1S/C14H15ClN2O5/c1-22-14(19)12-4-2-3-7-16(12)13(18)10-6-5-9(17(20)21)8-11(10)15/h5-6,8,12H,2-4,7H2,1H3. The van der Waals surface area contributed by atoms with Gasteiger partial charge < -0.3 is 9.64 Å². The fourth-order valence-electron chi connectivity index (χ4n) is 2.50. The summed E-state index contributed by atoms with van der Waals surface area (Å²) in [5, 5.41) is 10.7. The number of likely N-dealkylation sites (tertiary alicyclic amines) is 1. The predicted molar refractivity (Wildman–Crippen MR) is 78.8 cm³/mol. The summed E-state index contributed by atoms with van der Waals surface area (Å²) in [6.07, 6.45) is 2.14. The Morgan fingerprint density at radius 2 is 2.14 bits per heavy atom. The number of non-ortho nitro benzene ring substituents is 1. The Hall–Kier alpha value is -2.15. The van der Waals surface area contributed by atoms with Crippen molar-refractivity contribution in [2.45, 2.75) is 25.3 Å². The van der Waals surface area contributed by atoms with Gasteiger partial charge in [-0.1, -0.05) is 11.6 Å². The fraction of sp³-hybridized carbons (Fsp3) is 0.429. The number of nitro benzene ring substituents is 1. The molecule has 1 atom stereocenters. The number of hydrogen-bond donors (Lipinski definition) is 0. The van der Waals surface area contributed by atoms with E-state index in [0.29, 0.717) is 13.0 Å². The zero-order valence-electron chi connectivity index (χ0n) is 12.0. The van der Waals surface area contributed by atoms with Crippen molar-refractivity contribution in [3.8, 4) is 0 Å². The summed E-state index contributed by atoms with van der Waals surface area (Å²) in [5.74, 6) is -0.888. The Bertz CT molecular complexity index is 619. The molecule has 0 spiro atoms. The second-order valence-electron chi connectivity index (χ2n) is 4.95. The normalized spacial score (nSPS) is 17.9. The zero-order valence-corrected chi connectivity index (χ0v) is 12.7. The number of ether oxygens (including phenoxy) is 1. The molecule has 1 heterocycles. The molecule has 0 bridgehead atoms. The molecule has 2 rings (SSSR count). The van der Waals surface area contributed by atoms with E-state index in [9.17, 15) is 19.7 Å². The molecule has 118 valence electrons. The largest absolute Gasteiger partial charge is 0.467 e. The summed E-state index contributed by atoms with van der Waals surface area (Å²) < 4.78 is 4.73. The average Bonchev–Trinajstić information content (AvgIpc) is 2.53. The monoisotopic (exact) mass is 326 g/mol. The van der Waals surface area contributed by atoms with E-state index in [-0.39, 0.29) is 16.3 Å². The van der Waals surface area contributed by atoms with Crippen LogP contribution in [0.15, 0.2) is 18.2 Å². The average molecular weight is 327 g/mol. The lowest BCUT2D eigenvalue weighted by molar-refractivity contribution is -0.384. The van der Waals surface area contributed by atoms with Crippen molar-refractivity contribution in [2.75, 3.05) is 13.7 Å². The minimum Gasteiger partial charge on any atom is -0.467 e. The number of halogens is 1. The summed E-state index contributed by atoms with van der Waals surface area (Å²) in [5.41, 5.74) is -0.0484. The van der Waals surface area contributed by atoms with E-state index >= 15 is 0 Å². The van der Waals surface area contributed by atoms with Gasteiger partial charge >= 0.3 is 5.97 Å². The highest BCUT2D eigenvalue weighted by atomic mass is 35.5. The number of nitrogens with zero attached hydrogens (tertiary/aromatic N) is 2. The predicted octanol–water partition coefficient (Wildman–Crippen LogP) is 2.42. The molecule has 8 heteroatoms. The first-order valence-electron chi connectivity index (χ1n) is 6.78. The molecule has 1 fully saturated rings. The van der Waals surface area contributed by atoms with Crippen LogP contribution in [0.2, 0.25) is 5.02 Å². The number of esters is 1. The number of carbonyl (C=O) groups is 2. The molecule has 7 nitrogen and oxygen atoms in total. The van der Waals surface area contributed by atoms with Crippen molar-refractivity contribution in [3.63, 3.8) is 0 Å². The number of benzene rings is 1. The lowest BCUT2D eigenvalue weighted by atomic mass is 10.0. The van der Waals surface area contributed by atoms with E-state index in [4.69, 9.17) is 16.3 Å². The van der Waals surface area contributed by atoms with Crippen LogP contribution in [-0.2, 0) is 9.53 Å². The Morgan fingerprint density at radius 1 is 1.41 bits per heavy atom. The summed E-state index contributed by atoms with van der Waals surface area (Å²) in [4.78, 5) is 35.9. The number of methoxy groups -OCH3 is 1. The third-order valence-electron chi connectivity index (χ3n) is 3.63. The van der Waals surface area contributed by atoms with Crippen LogP contribution in [0.1, 0.15) is 29.6 Å². The number of rotatable bonds is 3. The van der Waals surface area contributed by atoms with E-state index in [2.05, 4.69) is 0 Å². The van der Waals surface area contributed by atoms with Crippen LogP contribution in [0.3, 0.4) is 0 Å². The highest BCUT2D eigenvalue weighted by molar-refractivity contribution is 6.34. The van der Waals surface area contributed by atoms with Crippen LogP contribution < -0.4 is 0 Å². The van der Waals surface area contributed by atoms with Crippen LogP contribution in [0.25, 0.3) is 0 Å². The quantitative estimate of drug-likeness (QED) is 0.483. The molecule has 1 aliphatic rings. The van der Waals surface area contributed by atoms with Gasteiger partial charge in [0.15, 0.2) is 0 Å². The van der Waals surface area contributed by atoms with Gasteiger partial charge in [0.1, 0.15) is 6.04 Å². The van der Waals surface area contributed by atoms with Gasteiger partial charge in [0.05, 0.1) is 22.6 Å². The lowest BCUT2D eigenvalue weighted by Gasteiger charge is -2.33. The third-order valence-corrected chi connectivity index (χ3v) is 3.94. The van der Waals surface area contributed by atoms with Crippen molar-refractivity contribution in [1.29, 1.82) is 0 Å². The van der Waals surface area contributed by atoms with Crippen molar-refractivity contribution in [1.82, 2.24) is 4.90 Å². The maximum atomic E-state index is 12.6. The Morgan fingerprint density at radius 3 is 2.73 bits per heavy atom. The maximum absolute atomic E-state index is 12.6. The number of carbonyl (C=O) groups excluding carboxylic acids is 2. The van der Waals surface area contributed by atoms with Crippen LogP contribution in [0, 0.1) is 10.1 Å². The van der Waals surface area contributed by atoms with Crippen LogP contribution >= 0.6 is 11.6 Å². The maximum Gasteiger partial charge on any atom is 0.328 e. The molecule has 1 saturated heterocycles. The van der Waals surface area contributed by atoms with E-state index in [1.807, 2.05) is 0 Å². The topological polar surface area (TPSA) is 89.8 Å². The summed E-state index contributed by atoms with van der Waals surface area (Å²) in [6, 6.07) is 3.02. The summed E-state index contributed by atoms with van der Waals surface area (Å²) >= 11 is 5.98. The SMILES string of the molecule is COC(=O)C1CCCCN1C(=O)c1ccc([N+](=O)[O-])cc1Cl. The molecular formula is C14H15ClN2O5. The van der Waals surface area contributed by atoms with Crippen LogP contribution in [0.5, 0.6) is 0 Å². The molecule has 22 heavy (non-hydrogen) atoms. The molecule has 0 aliphatic carbocycles. The first kappa shape index (κ1) is 16.2. The molecule has 1 aliphatic heterocycles. The van der Waals surface area contributed by atoms with E-state index in [0.717, 1.165) is 18.9 Å². The van der Waals surface area contributed by atoms with Gasteiger partial charge in [0, 0.05) is 18.7 Å². The fourth-order valence-corrected chi connectivity index (χ4v) is 2.76. The molecule has 1 unspecified atom stereocenters.